The molecule has 144 valence electrons. The zero-order valence-electron chi connectivity index (χ0n) is 15.1. The van der Waals surface area contributed by atoms with Crippen molar-refractivity contribution in [3.8, 4) is 0 Å². The summed E-state index contributed by atoms with van der Waals surface area (Å²) in [6, 6.07) is 5.30. The summed E-state index contributed by atoms with van der Waals surface area (Å²) in [5.74, 6) is -1.71. The smallest absolute Gasteiger partial charge is 0.336 e. The topological polar surface area (TPSA) is 125 Å². The molecule has 10 nitrogen and oxygen atoms in total. The van der Waals surface area contributed by atoms with E-state index < -0.39 is 21.7 Å². The van der Waals surface area contributed by atoms with Crippen LogP contribution >= 0.6 is 0 Å². The lowest BCUT2D eigenvalue weighted by Gasteiger charge is -2.31. The van der Waals surface area contributed by atoms with Crippen LogP contribution in [0.25, 0.3) is 0 Å². The van der Waals surface area contributed by atoms with E-state index in [1.54, 1.807) is 11.8 Å². The molecular formula is C17H19N3O7. The van der Waals surface area contributed by atoms with Gasteiger partial charge in [-0.25, -0.2) is 4.79 Å². The Morgan fingerprint density at radius 3 is 2.26 bits per heavy atom. The van der Waals surface area contributed by atoms with E-state index in [-0.39, 0.29) is 17.0 Å². The van der Waals surface area contributed by atoms with Gasteiger partial charge >= 0.3 is 5.97 Å². The van der Waals surface area contributed by atoms with E-state index in [0.29, 0.717) is 24.4 Å². The minimum absolute atomic E-state index is 0.108. The average molecular weight is 377 g/mol. The molecule has 1 aliphatic rings. The minimum atomic E-state index is -1.01. The summed E-state index contributed by atoms with van der Waals surface area (Å²) in [4.78, 5) is 35.4. The third-order valence-corrected chi connectivity index (χ3v) is 4.28. The summed E-state index contributed by atoms with van der Waals surface area (Å²) in [5.41, 5.74) is 0.605. The molecule has 0 radical (unpaired) electrons. The first-order valence-electron chi connectivity index (χ1n) is 7.97. The number of benzene rings is 1. The lowest BCUT2D eigenvalue weighted by molar-refractivity contribution is -0.430. The fourth-order valence-corrected chi connectivity index (χ4v) is 2.92. The maximum Gasteiger partial charge on any atom is 0.336 e. The first kappa shape index (κ1) is 20.0. The zero-order valence-corrected chi connectivity index (χ0v) is 15.1. The van der Waals surface area contributed by atoms with Crippen molar-refractivity contribution >= 4 is 11.7 Å². The first-order valence-corrected chi connectivity index (χ1v) is 7.97. The van der Waals surface area contributed by atoms with Crippen LogP contribution in [0.3, 0.4) is 0 Å². The number of nitrogens with zero attached hydrogens (tertiary/aromatic N) is 3. The number of esters is 1. The third kappa shape index (κ3) is 4.11. The van der Waals surface area contributed by atoms with Crippen molar-refractivity contribution in [2.75, 3.05) is 27.4 Å². The van der Waals surface area contributed by atoms with E-state index >= 15 is 0 Å². The quantitative estimate of drug-likeness (QED) is 0.402. The van der Waals surface area contributed by atoms with Crippen LogP contribution < -0.4 is 0 Å². The Hall–Kier alpha value is -3.27. The van der Waals surface area contributed by atoms with Crippen LogP contribution in [0.5, 0.6) is 0 Å². The number of ether oxygens (including phenoxy) is 2. The van der Waals surface area contributed by atoms with Gasteiger partial charge in [-0.2, -0.15) is 0 Å². The molecule has 1 aromatic rings. The molecule has 0 amide bonds. The summed E-state index contributed by atoms with van der Waals surface area (Å²) in [5, 5.41) is 22.6. The van der Waals surface area contributed by atoms with E-state index in [0.717, 1.165) is 0 Å². The second-order valence-corrected chi connectivity index (χ2v) is 5.77. The van der Waals surface area contributed by atoms with Crippen LogP contribution in [-0.2, 0) is 14.3 Å². The van der Waals surface area contributed by atoms with E-state index in [9.17, 15) is 25.0 Å². The molecule has 1 atom stereocenters. The van der Waals surface area contributed by atoms with Crippen molar-refractivity contribution < 1.29 is 24.1 Å². The molecule has 10 heteroatoms. The summed E-state index contributed by atoms with van der Waals surface area (Å²) >= 11 is 0. The number of hydrogen-bond donors (Lipinski definition) is 0. The SMILES string of the molecule is COCCN1C=C([N+](=O)[O-])C(c2ccc([N+](=O)[O-])cc2)C(C(=O)OC)=C1C. The Bertz CT molecular complexity index is 814. The first-order chi connectivity index (χ1) is 12.8. The summed E-state index contributed by atoms with van der Waals surface area (Å²) in [6.45, 7) is 2.27. The largest absolute Gasteiger partial charge is 0.466 e. The molecule has 2 rings (SSSR count). The normalized spacial score (nSPS) is 16.8. The van der Waals surface area contributed by atoms with Crippen molar-refractivity contribution in [2.24, 2.45) is 0 Å². The van der Waals surface area contributed by atoms with Gasteiger partial charge in [0.05, 0.1) is 35.3 Å². The molecule has 27 heavy (non-hydrogen) atoms. The van der Waals surface area contributed by atoms with Gasteiger partial charge in [-0.3, -0.25) is 20.2 Å². The van der Waals surface area contributed by atoms with Crippen LogP contribution in [0.15, 0.2) is 47.4 Å². The fourth-order valence-electron chi connectivity index (χ4n) is 2.92. The number of allylic oxidation sites excluding steroid dienone is 2. The summed E-state index contributed by atoms with van der Waals surface area (Å²) in [6.07, 6.45) is 1.35. The Morgan fingerprint density at radius 1 is 1.15 bits per heavy atom. The number of carbonyl (C=O) groups excluding carboxylic acids is 1. The van der Waals surface area contributed by atoms with Crippen LogP contribution in [0.4, 0.5) is 5.69 Å². The second-order valence-electron chi connectivity index (χ2n) is 5.77. The van der Waals surface area contributed by atoms with Crippen molar-refractivity contribution in [3.63, 3.8) is 0 Å². The number of hydrogen-bond acceptors (Lipinski definition) is 8. The molecule has 0 saturated heterocycles. The zero-order chi connectivity index (χ0) is 20.1. The van der Waals surface area contributed by atoms with Gasteiger partial charge < -0.3 is 14.4 Å². The highest BCUT2D eigenvalue weighted by molar-refractivity contribution is 5.92. The molecular weight excluding hydrogens is 358 g/mol. The number of non-ortho nitro benzene ring substituents is 1. The van der Waals surface area contributed by atoms with E-state index in [1.807, 2.05) is 0 Å². The number of rotatable bonds is 7. The molecule has 0 aliphatic carbocycles. The summed E-state index contributed by atoms with van der Waals surface area (Å²) < 4.78 is 9.86. The number of nitro groups is 2. The van der Waals surface area contributed by atoms with E-state index in [4.69, 9.17) is 9.47 Å². The lowest BCUT2D eigenvalue weighted by Crippen LogP contribution is -2.32. The summed E-state index contributed by atoms with van der Waals surface area (Å²) in [7, 11) is 2.70. The lowest BCUT2D eigenvalue weighted by atomic mass is 9.85. The van der Waals surface area contributed by atoms with Crippen molar-refractivity contribution in [1.29, 1.82) is 0 Å². The van der Waals surface area contributed by atoms with Gasteiger partial charge in [-0.05, 0) is 12.5 Å². The van der Waals surface area contributed by atoms with E-state index in [1.165, 1.54) is 44.7 Å². The Morgan fingerprint density at radius 2 is 1.78 bits per heavy atom. The molecule has 1 aromatic carbocycles. The highest BCUT2D eigenvalue weighted by atomic mass is 16.6. The van der Waals surface area contributed by atoms with Crippen LogP contribution in [0, 0.1) is 20.2 Å². The Balaban J connectivity index is 2.60. The Labute approximate surface area is 155 Å². The van der Waals surface area contributed by atoms with Gasteiger partial charge in [0.25, 0.3) is 11.4 Å². The highest BCUT2D eigenvalue weighted by Gasteiger charge is 2.40. The maximum absolute atomic E-state index is 12.4. The minimum Gasteiger partial charge on any atom is -0.466 e. The fraction of sp³-hybridized carbons (Fsp3) is 0.353. The van der Waals surface area contributed by atoms with Crippen LogP contribution in [0.1, 0.15) is 18.4 Å². The van der Waals surface area contributed by atoms with Crippen molar-refractivity contribution in [2.45, 2.75) is 12.8 Å². The highest BCUT2D eigenvalue weighted by Crippen LogP contribution is 2.39. The standard InChI is InChI=1S/C17H19N3O7/c1-11-15(17(21)27-3)16(12-4-6-13(7-5-12)19(22)23)14(20(24)25)10-18(11)8-9-26-2/h4-7,10,16H,8-9H2,1-3H3. The monoisotopic (exact) mass is 377 g/mol. The van der Waals surface area contributed by atoms with Crippen LogP contribution in [0.2, 0.25) is 0 Å². The van der Waals surface area contributed by atoms with Crippen molar-refractivity contribution in [1.82, 2.24) is 4.90 Å². The molecule has 0 spiro atoms. The molecule has 1 aliphatic heterocycles. The molecule has 0 aromatic heterocycles. The third-order valence-electron chi connectivity index (χ3n) is 4.28. The average Bonchev–Trinajstić information content (AvgIpc) is 2.65. The van der Waals surface area contributed by atoms with E-state index in [2.05, 4.69) is 0 Å². The van der Waals surface area contributed by atoms with Gasteiger partial charge in [0, 0.05) is 31.5 Å². The number of carbonyl (C=O) groups is 1. The molecule has 0 bridgehead atoms. The van der Waals surface area contributed by atoms with Gasteiger partial charge in [-0.15, -0.1) is 0 Å². The van der Waals surface area contributed by atoms with Crippen molar-refractivity contribution in [3.05, 3.63) is 73.2 Å². The molecule has 0 saturated carbocycles. The van der Waals surface area contributed by atoms with Crippen LogP contribution in [-0.4, -0.2) is 48.1 Å². The molecule has 0 fully saturated rings. The number of methoxy groups -OCH3 is 2. The second kappa shape index (κ2) is 8.41. The number of nitro benzene ring substituents is 1. The predicted octanol–water partition coefficient (Wildman–Crippen LogP) is 2.21. The molecule has 1 heterocycles. The van der Waals surface area contributed by atoms with Gasteiger partial charge in [0.1, 0.15) is 5.92 Å². The Kier molecular flexibility index (Phi) is 6.24. The van der Waals surface area contributed by atoms with Gasteiger partial charge in [-0.1, -0.05) is 12.1 Å². The van der Waals surface area contributed by atoms with Gasteiger partial charge in [0.15, 0.2) is 0 Å². The van der Waals surface area contributed by atoms with Gasteiger partial charge in [0.2, 0.25) is 0 Å². The maximum atomic E-state index is 12.4. The molecule has 0 N–H and O–H groups in total. The molecule has 1 unspecified atom stereocenters. The predicted molar refractivity (Wildman–Crippen MR) is 94.2 cm³/mol.